The molecule has 0 aliphatic heterocycles. The summed E-state index contributed by atoms with van der Waals surface area (Å²) in [5.41, 5.74) is 5.62. The van der Waals surface area contributed by atoms with Crippen LogP contribution in [0.5, 0.6) is 0 Å². The van der Waals surface area contributed by atoms with Crippen molar-refractivity contribution in [1.29, 1.82) is 0 Å². The minimum atomic E-state index is -2.81. The van der Waals surface area contributed by atoms with Crippen LogP contribution in [0.15, 0.2) is 0 Å². The molecule has 330 valence electrons. The van der Waals surface area contributed by atoms with Crippen LogP contribution in [0.4, 0.5) is 44.7 Å². The van der Waals surface area contributed by atoms with Crippen LogP contribution < -0.4 is 27.4 Å². The standard InChI is InChI=1S/C11H19F2NO3.C10H17F2NO3.C7H12F2N2OS.C6H11F2NO/c1-9(2,3)17-8(15)14-10(7-16-4)5-11(12,13)6-10;1-8(2,3)16-7(15)13-9(6-14)4-10(11,12)5-9;1-12-4-6(11-5(10)13)2-7(8,9)3-6;1-10-4-5(9)2-6(7,8)3-5/h5-7H2,1-4H3,(H,14,15);14H,4-6H2,1-3H3,(H,13,15);2-4H2,1H3,(H3,10,11,13);2-4,9H2,1H3. The highest BCUT2D eigenvalue weighted by Crippen LogP contribution is 2.47. The summed E-state index contributed by atoms with van der Waals surface area (Å²) < 4.78 is 125. The Hall–Kier alpha value is -2.53. The SMILES string of the molecule is CC(C)(C)OC(=O)NC1(CO)CC(F)(F)C1.COCC1(N)CC(F)(F)C1.COCC1(NC(=O)OC(C)(C)C)CC(F)(F)C1.COCC1(NC(N)=S)CC(F)(F)C1. The molecule has 4 aliphatic carbocycles. The third-order valence-corrected chi connectivity index (χ3v) is 8.40. The molecule has 4 saturated carbocycles. The van der Waals surface area contributed by atoms with Crippen molar-refractivity contribution in [2.75, 3.05) is 47.8 Å². The van der Waals surface area contributed by atoms with Crippen LogP contribution in [0.25, 0.3) is 0 Å². The molecular formula is C34H59F8N5O8S. The van der Waals surface area contributed by atoms with Crippen molar-refractivity contribution >= 4 is 29.5 Å². The minimum Gasteiger partial charge on any atom is -0.444 e. The van der Waals surface area contributed by atoms with Crippen LogP contribution in [0, 0.1) is 0 Å². The fourth-order valence-electron chi connectivity index (χ4n) is 6.73. The van der Waals surface area contributed by atoms with E-state index >= 15 is 0 Å². The number of ether oxygens (including phenoxy) is 5. The molecule has 22 heteroatoms. The van der Waals surface area contributed by atoms with Crippen LogP contribution in [0.2, 0.25) is 0 Å². The van der Waals surface area contributed by atoms with Gasteiger partial charge in [-0.15, -0.1) is 0 Å². The molecule has 13 nitrogen and oxygen atoms in total. The van der Waals surface area contributed by atoms with Crippen molar-refractivity contribution in [3.8, 4) is 0 Å². The zero-order chi connectivity index (χ0) is 43.9. The van der Waals surface area contributed by atoms with E-state index in [1.54, 1.807) is 41.5 Å². The van der Waals surface area contributed by atoms with Crippen LogP contribution in [-0.4, -0.2) is 127 Å². The van der Waals surface area contributed by atoms with Crippen molar-refractivity contribution in [3.63, 3.8) is 0 Å². The van der Waals surface area contributed by atoms with Gasteiger partial charge in [0.15, 0.2) is 5.11 Å². The number of rotatable bonds is 10. The molecule has 0 aromatic heterocycles. The average Bonchev–Trinajstić information content (AvgIpc) is 2.87. The zero-order valence-electron chi connectivity index (χ0n) is 33.4. The number of alkyl carbamates (subject to hydrolysis) is 2. The average molecular weight is 850 g/mol. The van der Waals surface area contributed by atoms with Gasteiger partial charge in [-0.3, -0.25) is 0 Å². The molecule has 0 bridgehead atoms. The zero-order valence-corrected chi connectivity index (χ0v) is 34.2. The number of hydrogen-bond donors (Lipinski definition) is 6. The molecule has 4 rings (SSSR count). The number of hydrogen-bond acceptors (Lipinski definition) is 10. The monoisotopic (exact) mass is 849 g/mol. The first-order valence-corrected chi connectivity index (χ1v) is 17.9. The van der Waals surface area contributed by atoms with Crippen molar-refractivity contribution < 1.29 is 73.5 Å². The second kappa shape index (κ2) is 18.6. The third kappa shape index (κ3) is 17.9. The summed E-state index contributed by atoms with van der Waals surface area (Å²) >= 11 is 4.60. The van der Waals surface area contributed by atoms with E-state index in [0.29, 0.717) is 0 Å². The summed E-state index contributed by atoms with van der Waals surface area (Å²) in [6.45, 7) is 10.1. The lowest BCUT2D eigenvalue weighted by atomic mass is 9.74. The third-order valence-electron chi connectivity index (χ3n) is 8.30. The van der Waals surface area contributed by atoms with Gasteiger partial charge in [0.1, 0.15) is 11.2 Å². The highest BCUT2D eigenvalue weighted by atomic mass is 32.1. The van der Waals surface area contributed by atoms with Gasteiger partial charge in [-0.25, -0.2) is 44.7 Å². The molecule has 0 radical (unpaired) electrons. The predicted molar refractivity (Wildman–Crippen MR) is 193 cm³/mol. The highest BCUT2D eigenvalue weighted by molar-refractivity contribution is 7.80. The van der Waals surface area contributed by atoms with E-state index < -0.39 is 102 Å². The van der Waals surface area contributed by atoms with Crippen LogP contribution in [0.3, 0.4) is 0 Å². The number of carbonyl (C=O) groups excluding carboxylic acids is 2. The number of alkyl halides is 8. The first kappa shape index (κ1) is 51.5. The molecule has 0 saturated heterocycles. The molecule has 2 amide bonds. The molecule has 0 heterocycles. The molecule has 0 spiro atoms. The molecule has 8 N–H and O–H groups in total. The number of aliphatic hydroxyl groups excluding tert-OH is 1. The van der Waals surface area contributed by atoms with Gasteiger partial charge in [0, 0.05) is 72.7 Å². The number of aliphatic hydroxyl groups is 1. The molecule has 4 aliphatic rings. The largest absolute Gasteiger partial charge is 0.444 e. The molecule has 0 atom stereocenters. The molecule has 56 heavy (non-hydrogen) atoms. The number of methoxy groups -OCH3 is 3. The quantitative estimate of drug-likeness (QED) is 0.122. The van der Waals surface area contributed by atoms with E-state index in [0.717, 1.165) is 0 Å². The predicted octanol–water partition coefficient (Wildman–Crippen LogP) is 5.39. The number of carbonyl (C=O) groups is 2. The van der Waals surface area contributed by atoms with Gasteiger partial charge in [0.05, 0.1) is 48.6 Å². The molecule has 0 aromatic carbocycles. The summed E-state index contributed by atoms with van der Waals surface area (Å²) in [5, 5.41) is 16.5. The Kier molecular flexibility index (Phi) is 17.1. The number of nitrogens with one attached hydrogen (secondary N) is 3. The second-order valence-electron chi connectivity index (χ2n) is 17.2. The van der Waals surface area contributed by atoms with E-state index in [-0.39, 0.29) is 50.6 Å². The van der Waals surface area contributed by atoms with Gasteiger partial charge in [-0.05, 0) is 53.8 Å². The lowest BCUT2D eigenvalue weighted by molar-refractivity contribution is -0.149. The van der Waals surface area contributed by atoms with Gasteiger partial charge in [0.2, 0.25) is 0 Å². The Labute approximate surface area is 327 Å². The molecule has 0 unspecified atom stereocenters. The maximum atomic E-state index is 12.9. The Morgan fingerprint density at radius 2 is 0.875 bits per heavy atom. The molecular weight excluding hydrogens is 790 g/mol. The Balaban J connectivity index is 0.000000380. The lowest BCUT2D eigenvalue weighted by Crippen LogP contribution is -2.65. The second-order valence-corrected chi connectivity index (χ2v) is 17.7. The van der Waals surface area contributed by atoms with Crippen molar-refractivity contribution in [2.24, 2.45) is 11.5 Å². The lowest BCUT2D eigenvalue weighted by Gasteiger charge is -2.47. The van der Waals surface area contributed by atoms with Gasteiger partial charge in [-0.1, -0.05) is 0 Å². The summed E-state index contributed by atoms with van der Waals surface area (Å²) in [7, 11) is 4.33. The summed E-state index contributed by atoms with van der Waals surface area (Å²) in [4.78, 5) is 22.9. The number of thiocarbonyl (C=S) groups is 1. The first-order chi connectivity index (χ1) is 25.0. The normalized spacial score (nSPS) is 23.2. The van der Waals surface area contributed by atoms with E-state index in [9.17, 15) is 44.7 Å². The maximum Gasteiger partial charge on any atom is 0.408 e. The van der Waals surface area contributed by atoms with Gasteiger partial charge in [-0.2, -0.15) is 0 Å². The molecule has 0 aromatic rings. The van der Waals surface area contributed by atoms with E-state index in [1.807, 2.05) is 0 Å². The Morgan fingerprint density at radius 1 is 0.589 bits per heavy atom. The Morgan fingerprint density at radius 3 is 1.12 bits per heavy atom. The first-order valence-electron chi connectivity index (χ1n) is 17.5. The summed E-state index contributed by atoms with van der Waals surface area (Å²) in [6.07, 6.45) is -4.41. The van der Waals surface area contributed by atoms with E-state index in [1.165, 1.54) is 21.3 Å². The molecule has 4 fully saturated rings. The number of nitrogens with two attached hydrogens (primary N) is 2. The van der Waals surface area contributed by atoms with E-state index in [2.05, 4.69) is 32.9 Å². The van der Waals surface area contributed by atoms with Crippen molar-refractivity contribution in [3.05, 3.63) is 0 Å². The summed E-state index contributed by atoms with van der Waals surface area (Å²) in [5.74, 6) is -10.7. The van der Waals surface area contributed by atoms with Crippen LogP contribution in [0.1, 0.15) is 92.9 Å². The van der Waals surface area contributed by atoms with Crippen LogP contribution in [-0.2, 0) is 23.7 Å². The Bertz CT molecular complexity index is 1300. The van der Waals surface area contributed by atoms with Crippen molar-refractivity contribution in [1.82, 2.24) is 16.0 Å². The van der Waals surface area contributed by atoms with Crippen LogP contribution >= 0.6 is 12.2 Å². The van der Waals surface area contributed by atoms with E-state index in [4.69, 9.17) is 35.5 Å². The number of amides is 2. The highest BCUT2D eigenvalue weighted by Gasteiger charge is 2.59. The fourth-order valence-corrected chi connectivity index (χ4v) is 6.95. The van der Waals surface area contributed by atoms with Gasteiger partial charge >= 0.3 is 12.2 Å². The van der Waals surface area contributed by atoms with Gasteiger partial charge in [0.25, 0.3) is 23.7 Å². The van der Waals surface area contributed by atoms with Crippen molar-refractivity contribution in [2.45, 2.75) is 150 Å². The minimum absolute atomic E-state index is 0.0348. The topological polar surface area (TPSA) is 189 Å². The number of halogens is 8. The summed E-state index contributed by atoms with van der Waals surface area (Å²) in [6, 6.07) is 0. The van der Waals surface area contributed by atoms with Gasteiger partial charge < -0.3 is 56.2 Å². The maximum absolute atomic E-state index is 12.9. The smallest absolute Gasteiger partial charge is 0.408 e. The fraction of sp³-hybridized carbons (Fsp3) is 0.912.